The van der Waals surface area contributed by atoms with Crippen LogP contribution in [0.3, 0.4) is 0 Å². The van der Waals surface area contributed by atoms with Crippen molar-refractivity contribution >= 4 is 54.6 Å². The van der Waals surface area contributed by atoms with Gasteiger partial charge in [-0.3, -0.25) is 13.8 Å². The van der Waals surface area contributed by atoms with Crippen molar-refractivity contribution < 1.29 is 34.8 Å². The van der Waals surface area contributed by atoms with Gasteiger partial charge < -0.3 is 5.32 Å². The van der Waals surface area contributed by atoms with Crippen LogP contribution in [0.1, 0.15) is 16.7 Å². The number of para-hydroxylation sites is 1. The van der Waals surface area contributed by atoms with Gasteiger partial charge in [-0.25, -0.2) is 16.8 Å². The van der Waals surface area contributed by atoms with E-state index in [1.807, 2.05) is 0 Å². The molecule has 3 aromatic carbocycles. The van der Waals surface area contributed by atoms with Gasteiger partial charge in [0, 0.05) is 5.69 Å². The van der Waals surface area contributed by atoms with Gasteiger partial charge in [0.05, 0.1) is 33.1 Å². The maximum Gasteiger partial charge on any atom is 0.416 e. The molecule has 8 nitrogen and oxygen atoms in total. The fourth-order valence-electron chi connectivity index (χ4n) is 3.48. The third kappa shape index (κ3) is 6.97. The first-order valence-electron chi connectivity index (χ1n) is 10.8. The summed E-state index contributed by atoms with van der Waals surface area (Å²) in [5, 5.41) is 2.10. The van der Waals surface area contributed by atoms with E-state index in [-0.39, 0.29) is 15.6 Å². The van der Waals surface area contributed by atoms with Crippen molar-refractivity contribution in [3.05, 3.63) is 82.4 Å². The van der Waals surface area contributed by atoms with E-state index in [2.05, 4.69) is 10.0 Å². The summed E-state index contributed by atoms with van der Waals surface area (Å²) in [4.78, 5) is 12.5. The quantitative estimate of drug-likeness (QED) is 0.376. The predicted molar refractivity (Wildman–Crippen MR) is 140 cm³/mol. The number of sulfonamides is 2. The molecule has 0 aliphatic carbocycles. The van der Waals surface area contributed by atoms with Gasteiger partial charge >= 0.3 is 6.18 Å². The normalized spacial score (nSPS) is 12.2. The van der Waals surface area contributed by atoms with Crippen molar-refractivity contribution in [1.82, 2.24) is 0 Å². The fraction of sp³-hybridized carbons (Fsp3) is 0.208. The van der Waals surface area contributed by atoms with Crippen LogP contribution in [0.15, 0.2) is 65.6 Å². The van der Waals surface area contributed by atoms with Crippen molar-refractivity contribution in [1.29, 1.82) is 0 Å². The number of alkyl halides is 3. The van der Waals surface area contributed by atoms with Gasteiger partial charge in [-0.2, -0.15) is 13.2 Å². The Bertz CT molecular complexity index is 1560. The van der Waals surface area contributed by atoms with Crippen molar-refractivity contribution in [3.8, 4) is 0 Å². The minimum absolute atomic E-state index is 0.0911. The summed E-state index contributed by atoms with van der Waals surface area (Å²) >= 11 is 5.96. The molecule has 0 fully saturated rings. The van der Waals surface area contributed by atoms with Crippen LogP contribution in [0.2, 0.25) is 5.02 Å². The first kappa shape index (κ1) is 29.3. The molecule has 0 aliphatic heterocycles. The molecule has 0 saturated heterocycles. The Morgan fingerprint density at radius 3 is 2.05 bits per heavy atom. The number of nitrogens with zero attached hydrogens (tertiary/aromatic N) is 1. The van der Waals surface area contributed by atoms with E-state index < -0.39 is 49.9 Å². The minimum atomic E-state index is -4.76. The van der Waals surface area contributed by atoms with E-state index in [1.54, 1.807) is 32.0 Å². The molecule has 0 spiro atoms. The molecular weight excluding hydrogens is 567 g/mol. The molecule has 3 aromatic rings. The number of hydrogen-bond donors (Lipinski definition) is 2. The number of hydrogen-bond acceptors (Lipinski definition) is 5. The molecule has 0 aromatic heterocycles. The molecule has 0 heterocycles. The maximum absolute atomic E-state index is 13.1. The second kappa shape index (κ2) is 10.8. The summed E-state index contributed by atoms with van der Waals surface area (Å²) in [5.41, 5.74) is 0.376. The van der Waals surface area contributed by atoms with Gasteiger partial charge in [0.15, 0.2) is 0 Å². The Balaban J connectivity index is 1.79. The van der Waals surface area contributed by atoms with E-state index in [0.717, 1.165) is 23.4 Å². The second-order valence-electron chi connectivity index (χ2n) is 8.38. The molecule has 14 heteroatoms. The lowest BCUT2D eigenvalue weighted by Crippen LogP contribution is -2.37. The zero-order valence-electron chi connectivity index (χ0n) is 20.3. The highest BCUT2D eigenvalue weighted by Crippen LogP contribution is 2.36. The number of benzene rings is 3. The lowest BCUT2D eigenvalue weighted by atomic mass is 10.1. The van der Waals surface area contributed by atoms with E-state index in [0.29, 0.717) is 22.1 Å². The summed E-state index contributed by atoms with van der Waals surface area (Å²) < 4.78 is 92.7. The number of amides is 1. The minimum Gasteiger partial charge on any atom is -0.325 e. The van der Waals surface area contributed by atoms with Gasteiger partial charge in [0.2, 0.25) is 15.9 Å². The molecule has 3 rings (SSSR count). The standard InChI is InChI=1S/C24H23ClF3N3O5S2/c1-15-5-4-6-16(2)23(15)30-38(35,36)19-10-8-18(9-11-19)29-22(32)14-31(37(3,33)34)21-13-17(24(26,27)28)7-12-20(21)25/h4-13,30H,14H2,1-3H3,(H,29,32). The van der Waals surface area contributed by atoms with Crippen molar-refractivity contribution in [2.75, 3.05) is 27.1 Å². The molecule has 204 valence electrons. The Labute approximate surface area is 223 Å². The van der Waals surface area contributed by atoms with Crippen molar-refractivity contribution in [2.24, 2.45) is 0 Å². The van der Waals surface area contributed by atoms with Crippen LogP contribution in [0, 0.1) is 13.8 Å². The zero-order valence-corrected chi connectivity index (χ0v) is 22.7. The third-order valence-corrected chi connectivity index (χ3v) is 8.21. The molecule has 0 saturated carbocycles. The van der Waals surface area contributed by atoms with E-state index in [9.17, 15) is 34.8 Å². The topological polar surface area (TPSA) is 113 Å². The van der Waals surface area contributed by atoms with Crippen LogP contribution in [-0.4, -0.2) is 35.5 Å². The van der Waals surface area contributed by atoms with Crippen LogP contribution in [0.25, 0.3) is 0 Å². The van der Waals surface area contributed by atoms with Crippen LogP contribution in [-0.2, 0) is 31.0 Å². The highest BCUT2D eigenvalue weighted by molar-refractivity contribution is 7.92. The molecule has 0 aliphatic rings. The smallest absolute Gasteiger partial charge is 0.325 e. The third-order valence-electron chi connectivity index (χ3n) is 5.40. The van der Waals surface area contributed by atoms with Gasteiger partial charge in [0.25, 0.3) is 10.0 Å². The number of rotatable bonds is 8. The largest absolute Gasteiger partial charge is 0.416 e. The Morgan fingerprint density at radius 2 is 1.53 bits per heavy atom. The second-order valence-corrected chi connectivity index (χ2v) is 12.4. The average Bonchev–Trinajstić information content (AvgIpc) is 2.79. The highest BCUT2D eigenvalue weighted by atomic mass is 35.5. The molecule has 2 N–H and O–H groups in total. The van der Waals surface area contributed by atoms with E-state index in [4.69, 9.17) is 11.6 Å². The summed E-state index contributed by atoms with van der Waals surface area (Å²) in [5.74, 6) is -0.895. The summed E-state index contributed by atoms with van der Waals surface area (Å²) in [6.45, 7) is 2.64. The van der Waals surface area contributed by atoms with Crippen LogP contribution in [0.4, 0.5) is 30.2 Å². The molecule has 0 unspecified atom stereocenters. The van der Waals surface area contributed by atoms with Gasteiger partial charge in [-0.15, -0.1) is 0 Å². The van der Waals surface area contributed by atoms with Gasteiger partial charge in [0.1, 0.15) is 6.54 Å². The number of halogens is 4. The van der Waals surface area contributed by atoms with Crippen LogP contribution < -0.4 is 14.3 Å². The zero-order chi connectivity index (χ0) is 28.5. The lowest BCUT2D eigenvalue weighted by Gasteiger charge is -2.24. The van der Waals surface area contributed by atoms with E-state index in [1.165, 1.54) is 24.3 Å². The number of aryl methyl sites for hydroxylation is 2. The molecule has 0 bridgehead atoms. The first-order valence-corrected chi connectivity index (χ1v) is 14.5. The summed E-state index contributed by atoms with van der Waals surface area (Å²) in [7, 11) is -8.18. The molecule has 0 radical (unpaired) electrons. The Morgan fingerprint density at radius 1 is 0.947 bits per heavy atom. The maximum atomic E-state index is 13.1. The molecule has 0 atom stereocenters. The average molecular weight is 590 g/mol. The Hall–Kier alpha value is -3.29. The summed E-state index contributed by atoms with van der Waals surface area (Å²) in [6.07, 6.45) is -4.04. The number of carbonyl (C=O) groups excluding carboxylic acids is 1. The van der Waals surface area contributed by atoms with Crippen LogP contribution >= 0.6 is 11.6 Å². The number of nitrogens with one attached hydrogen (secondary N) is 2. The van der Waals surface area contributed by atoms with Crippen LogP contribution in [0.5, 0.6) is 0 Å². The monoisotopic (exact) mass is 589 g/mol. The van der Waals surface area contributed by atoms with Gasteiger partial charge in [-0.05, 0) is 67.4 Å². The Kier molecular flexibility index (Phi) is 8.34. The van der Waals surface area contributed by atoms with Gasteiger partial charge in [-0.1, -0.05) is 29.8 Å². The highest BCUT2D eigenvalue weighted by Gasteiger charge is 2.33. The van der Waals surface area contributed by atoms with Crippen molar-refractivity contribution in [3.63, 3.8) is 0 Å². The molecule has 38 heavy (non-hydrogen) atoms. The number of anilines is 3. The van der Waals surface area contributed by atoms with Crippen molar-refractivity contribution in [2.45, 2.75) is 24.9 Å². The molecular formula is C24H23ClF3N3O5S2. The molecule has 1 amide bonds. The fourth-order valence-corrected chi connectivity index (χ4v) is 5.81. The summed E-state index contributed by atoms with van der Waals surface area (Å²) in [6, 6.07) is 12.5. The SMILES string of the molecule is Cc1cccc(C)c1NS(=O)(=O)c1ccc(NC(=O)CN(c2cc(C(F)(F)F)ccc2Cl)S(C)(=O)=O)cc1. The predicted octanol–water partition coefficient (Wildman–Crippen LogP) is 5.18. The van der Waals surface area contributed by atoms with E-state index >= 15 is 0 Å². The first-order chi connectivity index (χ1) is 17.5. The number of carbonyl (C=O) groups is 1. The lowest BCUT2D eigenvalue weighted by molar-refractivity contribution is -0.137.